The van der Waals surface area contributed by atoms with Crippen molar-refractivity contribution in [2.24, 2.45) is 0 Å². The first-order chi connectivity index (χ1) is 4.22. The molecule has 0 bridgehead atoms. The van der Waals surface area contributed by atoms with Crippen LogP contribution >= 0.6 is 11.6 Å². The molecule has 0 radical (unpaired) electrons. The lowest BCUT2D eigenvalue weighted by Gasteiger charge is -1.95. The van der Waals surface area contributed by atoms with Crippen molar-refractivity contribution in [1.82, 2.24) is 0 Å². The summed E-state index contributed by atoms with van der Waals surface area (Å²) in [5.74, 6) is -0.350. The molecule has 0 nitrogen and oxygen atoms in total. The van der Waals surface area contributed by atoms with Crippen LogP contribution in [0.1, 0.15) is 5.56 Å². The number of hydrogen-bond acceptors (Lipinski definition) is 0. The number of rotatable bonds is 0. The molecule has 0 aromatic heterocycles. The molecular formula is C7H6ClF. The fourth-order valence-corrected chi connectivity index (χ4v) is 0.738. The maximum atomic E-state index is 12.4. The third-order valence-electron chi connectivity index (χ3n) is 1.14. The molecular weight excluding hydrogens is 139 g/mol. The zero-order valence-electron chi connectivity index (χ0n) is 4.99. The Labute approximate surface area is 58.3 Å². The van der Waals surface area contributed by atoms with Gasteiger partial charge in [0.2, 0.25) is 0 Å². The van der Waals surface area contributed by atoms with Gasteiger partial charge in [-0.2, -0.15) is 0 Å². The monoisotopic (exact) mass is 144 g/mol. The predicted molar refractivity (Wildman–Crippen MR) is 36.1 cm³/mol. The van der Waals surface area contributed by atoms with Gasteiger partial charge in [-0.15, -0.1) is 0 Å². The van der Waals surface area contributed by atoms with Gasteiger partial charge in [-0.05, 0) is 18.6 Å². The molecule has 9 heavy (non-hydrogen) atoms. The second-order valence-electron chi connectivity index (χ2n) is 1.87. The van der Waals surface area contributed by atoms with Gasteiger partial charge in [0.1, 0.15) is 5.82 Å². The lowest BCUT2D eigenvalue weighted by Crippen LogP contribution is -1.78. The van der Waals surface area contributed by atoms with E-state index in [1.807, 2.05) is 0 Å². The Morgan fingerprint density at radius 2 is 2.11 bits per heavy atom. The highest BCUT2D eigenvalue weighted by Crippen LogP contribution is 2.17. The van der Waals surface area contributed by atoms with Crippen LogP contribution < -0.4 is 0 Å². The summed E-state index contributed by atoms with van der Waals surface area (Å²) in [6, 6.07) is 4.75. The van der Waals surface area contributed by atoms with Crippen LogP contribution in [0.15, 0.2) is 18.2 Å². The molecule has 0 atom stereocenters. The normalized spacial score (nSPS) is 9.67. The second kappa shape index (κ2) is 2.36. The van der Waals surface area contributed by atoms with Crippen molar-refractivity contribution in [1.29, 1.82) is 0 Å². The van der Waals surface area contributed by atoms with E-state index in [4.69, 9.17) is 11.6 Å². The standard InChI is InChI=1S/C7H6ClF/c1-5-3-2-4-6(9)7(5)8/h2-4H,1H3. The van der Waals surface area contributed by atoms with Crippen molar-refractivity contribution in [2.75, 3.05) is 0 Å². The Bertz CT molecular complexity index is 200. The SMILES string of the molecule is Cc1cccc(F)c1Cl. The molecule has 48 valence electrons. The molecule has 0 amide bonds. The van der Waals surface area contributed by atoms with Gasteiger partial charge in [-0.25, -0.2) is 4.39 Å². The molecule has 0 saturated carbocycles. The predicted octanol–water partition coefficient (Wildman–Crippen LogP) is 2.79. The van der Waals surface area contributed by atoms with Gasteiger partial charge < -0.3 is 0 Å². The highest BCUT2D eigenvalue weighted by atomic mass is 35.5. The van der Waals surface area contributed by atoms with E-state index < -0.39 is 0 Å². The van der Waals surface area contributed by atoms with Crippen LogP contribution in [-0.4, -0.2) is 0 Å². The molecule has 1 rings (SSSR count). The lowest BCUT2D eigenvalue weighted by atomic mass is 10.2. The number of hydrogen-bond donors (Lipinski definition) is 0. The molecule has 0 aliphatic rings. The van der Waals surface area contributed by atoms with Crippen LogP contribution in [0.25, 0.3) is 0 Å². The maximum absolute atomic E-state index is 12.4. The Balaban J connectivity index is 3.25. The summed E-state index contributed by atoms with van der Waals surface area (Å²) in [7, 11) is 0. The van der Waals surface area contributed by atoms with Crippen molar-refractivity contribution in [3.8, 4) is 0 Å². The summed E-state index contributed by atoms with van der Waals surface area (Å²) in [6.45, 7) is 1.77. The number of halogens is 2. The van der Waals surface area contributed by atoms with Crippen LogP contribution in [0.4, 0.5) is 4.39 Å². The topological polar surface area (TPSA) is 0 Å². The molecule has 0 heterocycles. The summed E-state index contributed by atoms with van der Waals surface area (Å²) >= 11 is 5.50. The van der Waals surface area contributed by atoms with Crippen molar-refractivity contribution in [2.45, 2.75) is 6.92 Å². The molecule has 1 aromatic rings. The van der Waals surface area contributed by atoms with E-state index in [1.54, 1.807) is 19.1 Å². The van der Waals surface area contributed by atoms with E-state index >= 15 is 0 Å². The Morgan fingerprint density at radius 1 is 1.44 bits per heavy atom. The summed E-state index contributed by atoms with van der Waals surface area (Å²) in [6.07, 6.45) is 0. The van der Waals surface area contributed by atoms with Crippen LogP contribution in [0.3, 0.4) is 0 Å². The molecule has 0 fully saturated rings. The van der Waals surface area contributed by atoms with Crippen LogP contribution in [0.2, 0.25) is 5.02 Å². The molecule has 0 unspecified atom stereocenters. The number of benzene rings is 1. The fraction of sp³-hybridized carbons (Fsp3) is 0.143. The summed E-state index contributed by atoms with van der Waals surface area (Å²) < 4.78 is 12.4. The van der Waals surface area contributed by atoms with E-state index in [1.165, 1.54) is 6.07 Å². The third-order valence-corrected chi connectivity index (χ3v) is 1.62. The average Bonchev–Trinajstić information content (AvgIpc) is 1.83. The minimum Gasteiger partial charge on any atom is -0.205 e. The summed E-state index contributed by atoms with van der Waals surface area (Å²) in [5.41, 5.74) is 0.775. The molecule has 0 aliphatic heterocycles. The minimum atomic E-state index is -0.350. The quantitative estimate of drug-likeness (QED) is 0.525. The van der Waals surface area contributed by atoms with Gasteiger partial charge in [-0.3, -0.25) is 0 Å². The smallest absolute Gasteiger partial charge is 0.142 e. The van der Waals surface area contributed by atoms with Crippen molar-refractivity contribution in [3.63, 3.8) is 0 Å². The fourth-order valence-electron chi connectivity index (χ4n) is 0.612. The summed E-state index contributed by atoms with van der Waals surface area (Å²) in [5, 5.41) is 0.220. The molecule has 0 N–H and O–H groups in total. The zero-order valence-corrected chi connectivity index (χ0v) is 5.74. The zero-order chi connectivity index (χ0) is 6.85. The van der Waals surface area contributed by atoms with E-state index in [2.05, 4.69) is 0 Å². The molecule has 0 aliphatic carbocycles. The van der Waals surface area contributed by atoms with Crippen LogP contribution in [0, 0.1) is 12.7 Å². The van der Waals surface area contributed by atoms with Crippen molar-refractivity contribution < 1.29 is 4.39 Å². The van der Waals surface area contributed by atoms with E-state index in [0.717, 1.165) is 5.56 Å². The first kappa shape index (κ1) is 6.56. The van der Waals surface area contributed by atoms with Gasteiger partial charge in [0.05, 0.1) is 5.02 Å². The Kier molecular flexibility index (Phi) is 1.72. The lowest BCUT2D eigenvalue weighted by molar-refractivity contribution is 0.627. The first-order valence-electron chi connectivity index (χ1n) is 2.62. The highest BCUT2D eigenvalue weighted by molar-refractivity contribution is 6.31. The Morgan fingerprint density at radius 3 is 2.56 bits per heavy atom. The van der Waals surface area contributed by atoms with Crippen molar-refractivity contribution >= 4 is 11.6 Å². The van der Waals surface area contributed by atoms with Crippen LogP contribution in [0.5, 0.6) is 0 Å². The molecule has 2 heteroatoms. The first-order valence-corrected chi connectivity index (χ1v) is 3.00. The Hall–Kier alpha value is -0.560. The molecule has 0 saturated heterocycles. The van der Waals surface area contributed by atoms with Gasteiger partial charge in [0.15, 0.2) is 0 Å². The van der Waals surface area contributed by atoms with E-state index in [9.17, 15) is 4.39 Å². The van der Waals surface area contributed by atoms with Gasteiger partial charge in [0.25, 0.3) is 0 Å². The van der Waals surface area contributed by atoms with Gasteiger partial charge in [-0.1, -0.05) is 23.7 Å². The number of aryl methyl sites for hydroxylation is 1. The molecule has 0 spiro atoms. The highest BCUT2D eigenvalue weighted by Gasteiger charge is 1.98. The van der Waals surface area contributed by atoms with E-state index in [0.29, 0.717) is 0 Å². The summed E-state index contributed by atoms with van der Waals surface area (Å²) in [4.78, 5) is 0. The molecule has 1 aromatic carbocycles. The van der Waals surface area contributed by atoms with Gasteiger partial charge >= 0.3 is 0 Å². The third kappa shape index (κ3) is 1.22. The largest absolute Gasteiger partial charge is 0.205 e. The van der Waals surface area contributed by atoms with Crippen LogP contribution in [-0.2, 0) is 0 Å². The average molecular weight is 145 g/mol. The van der Waals surface area contributed by atoms with E-state index in [-0.39, 0.29) is 10.8 Å². The van der Waals surface area contributed by atoms with Gasteiger partial charge in [0, 0.05) is 0 Å². The van der Waals surface area contributed by atoms with Crippen molar-refractivity contribution in [3.05, 3.63) is 34.6 Å². The minimum absolute atomic E-state index is 0.220. The maximum Gasteiger partial charge on any atom is 0.142 e. The second-order valence-corrected chi connectivity index (χ2v) is 2.25.